The molecule has 3 heterocycles. The molecule has 0 radical (unpaired) electrons. The first-order chi connectivity index (χ1) is 24.0. The third-order valence-electron chi connectivity index (χ3n) is 12.7. The Hall–Kier alpha value is -4.07. The second-order valence-corrected chi connectivity index (χ2v) is 17.3. The summed E-state index contributed by atoms with van der Waals surface area (Å²) in [5.74, 6) is 1.12. The second-order valence-electron chi connectivity index (χ2n) is 16.2. The summed E-state index contributed by atoms with van der Waals surface area (Å²) >= 11 is 1.95. The molecule has 0 nitrogen and oxygen atoms in total. The van der Waals surface area contributed by atoms with Gasteiger partial charge in [-0.25, -0.2) is 0 Å². The first-order valence-electron chi connectivity index (χ1n) is 18.6. The summed E-state index contributed by atoms with van der Waals surface area (Å²) in [4.78, 5) is 0. The van der Waals surface area contributed by atoms with Crippen molar-refractivity contribution in [3.8, 4) is 0 Å². The quantitative estimate of drug-likeness (QED) is 0.163. The molecule has 0 N–H and O–H groups in total. The van der Waals surface area contributed by atoms with Crippen molar-refractivity contribution in [2.75, 3.05) is 0 Å². The summed E-state index contributed by atoms with van der Waals surface area (Å²) in [6.07, 6.45) is 4.66. The van der Waals surface area contributed by atoms with Crippen LogP contribution in [0.15, 0.2) is 95.5 Å². The van der Waals surface area contributed by atoms with Gasteiger partial charge in [0.25, 0.3) is 0 Å². The summed E-state index contributed by atoms with van der Waals surface area (Å²) in [5.41, 5.74) is 25.0. The molecule has 1 aliphatic carbocycles. The second kappa shape index (κ2) is 11.5. The lowest BCUT2D eigenvalue weighted by molar-refractivity contribution is 0.515. The van der Waals surface area contributed by atoms with Crippen LogP contribution in [-0.4, -0.2) is 13.4 Å². The molecule has 1 aromatic heterocycles. The molecule has 3 aliphatic rings. The van der Waals surface area contributed by atoms with E-state index in [1.807, 2.05) is 11.3 Å². The minimum Gasteiger partial charge on any atom is -0.135 e. The number of thiophene rings is 1. The van der Waals surface area contributed by atoms with E-state index in [-0.39, 0.29) is 13.4 Å². The maximum atomic E-state index is 2.60. The molecule has 0 amide bonds. The summed E-state index contributed by atoms with van der Waals surface area (Å²) in [6.45, 7) is 21.5. The minimum atomic E-state index is 0.236. The van der Waals surface area contributed by atoms with Crippen LogP contribution in [0.2, 0.25) is 0 Å². The monoisotopic (exact) mass is 664 g/mol. The lowest BCUT2D eigenvalue weighted by Gasteiger charge is -2.38. The Balaban J connectivity index is 1.26. The Labute approximate surface area is 303 Å². The lowest BCUT2D eigenvalue weighted by atomic mass is 9.30. The van der Waals surface area contributed by atoms with Crippen LogP contribution in [0.3, 0.4) is 0 Å². The molecule has 2 atom stereocenters. The zero-order chi connectivity index (χ0) is 34.7. The van der Waals surface area contributed by atoms with Crippen molar-refractivity contribution in [2.24, 2.45) is 11.8 Å². The fourth-order valence-corrected chi connectivity index (χ4v) is 11.5. The van der Waals surface area contributed by atoms with E-state index in [0.29, 0.717) is 11.8 Å². The SMILES string of the molecule is CC1=C2B(c3ccc4sc5ccc(B6c7c(C)cc(C)cc7Cc7cc(C)cc(C)c76)cc5c4c3)c3c(C)cc(C)cc3CC2=CC(C)C1C. The fraction of sp³-hybridized carbons (Fsp3) is 0.277. The number of aryl methyl sites for hydroxylation is 6. The van der Waals surface area contributed by atoms with Gasteiger partial charge in [0.15, 0.2) is 0 Å². The molecular formula is C47H46B2S. The smallest absolute Gasteiger partial charge is 0.135 e. The molecule has 0 fully saturated rings. The van der Waals surface area contributed by atoms with Gasteiger partial charge in [0, 0.05) is 9.40 Å². The summed E-state index contributed by atoms with van der Waals surface area (Å²) in [5, 5.41) is 2.80. The van der Waals surface area contributed by atoms with Crippen LogP contribution in [0, 0.1) is 53.4 Å². The highest BCUT2D eigenvalue weighted by Gasteiger charge is 2.39. The van der Waals surface area contributed by atoms with Gasteiger partial charge in [-0.3, -0.25) is 0 Å². The van der Waals surface area contributed by atoms with Gasteiger partial charge < -0.3 is 0 Å². The predicted octanol–water partition coefficient (Wildman–Crippen LogP) is 8.56. The van der Waals surface area contributed by atoms with Gasteiger partial charge in [-0.15, -0.1) is 11.3 Å². The van der Waals surface area contributed by atoms with E-state index in [1.165, 1.54) is 97.6 Å². The van der Waals surface area contributed by atoms with Crippen LogP contribution >= 0.6 is 11.3 Å². The van der Waals surface area contributed by atoms with Gasteiger partial charge in [0.2, 0.25) is 13.4 Å². The molecule has 0 spiro atoms. The molecule has 2 aliphatic heterocycles. The minimum absolute atomic E-state index is 0.236. The van der Waals surface area contributed by atoms with E-state index in [0.717, 1.165) is 12.8 Å². The van der Waals surface area contributed by atoms with Gasteiger partial charge in [-0.2, -0.15) is 0 Å². The first-order valence-corrected chi connectivity index (χ1v) is 19.5. The van der Waals surface area contributed by atoms with Crippen molar-refractivity contribution in [3.05, 3.63) is 146 Å². The topological polar surface area (TPSA) is 0 Å². The molecule has 0 saturated heterocycles. The van der Waals surface area contributed by atoms with E-state index in [1.54, 1.807) is 16.6 Å². The van der Waals surface area contributed by atoms with Crippen LogP contribution in [0.25, 0.3) is 20.2 Å². The number of fused-ring (bicyclic) bond motifs is 7. The standard InChI is InChI=1S/C47H46B2S/c1-25-14-29(5)44-34(17-25)21-35-18-26(2)15-30(6)45(35)48(44)38-10-12-42-40(23-38)41-24-39(11-13-43(41)50-42)49-46-31(7)16-27(3)19-36(46)22-37-20-28(4)32(8)33(9)47(37)49/h10-20,23-24,28,32H,21-22H2,1-9H3. The van der Waals surface area contributed by atoms with Crippen LogP contribution < -0.4 is 27.3 Å². The molecule has 3 heteroatoms. The van der Waals surface area contributed by atoms with Gasteiger partial charge in [-0.05, 0) is 113 Å². The number of hydrogen-bond donors (Lipinski definition) is 0. The zero-order valence-electron chi connectivity index (χ0n) is 31.1. The normalized spacial score (nSPS) is 18.3. The van der Waals surface area contributed by atoms with Gasteiger partial charge >= 0.3 is 0 Å². The molecule has 5 aromatic carbocycles. The Morgan fingerprint density at radius 3 is 1.52 bits per heavy atom. The number of benzene rings is 5. The molecule has 50 heavy (non-hydrogen) atoms. The highest BCUT2D eigenvalue weighted by atomic mass is 32.1. The van der Waals surface area contributed by atoms with E-state index in [4.69, 9.17) is 0 Å². The number of hydrogen-bond acceptors (Lipinski definition) is 1. The summed E-state index contributed by atoms with van der Waals surface area (Å²) in [6, 6.07) is 29.4. The largest absolute Gasteiger partial charge is 0.242 e. The Morgan fingerprint density at radius 2 is 1.00 bits per heavy atom. The molecule has 9 rings (SSSR count). The average molecular weight is 665 g/mol. The molecule has 246 valence electrons. The van der Waals surface area contributed by atoms with E-state index < -0.39 is 0 Å². The molecule has 0 bridgehead atoms. The highest BCUT2D eigenvalue weighted by Crippen LogP contribution is 2.40. The van der Waals surface area contributed by atoms with E-state index in [2.05, 4.69) is 141 Å². The average Bonchev–Trinajstić information content (AvgIpc) is 3.42. The highest BCUT2D eigenvalue weighted by molar-refractivity contribution is 7.26. The summed E-state index contributed by atoms with van der Waals surface area (Å²) < 4.78 is 2.76. The Morgan fingerprint density at radius 1 is 0.540 bits per heavy atom. The van der Waals surface area contributed by atoms with Crippen molar-refractivity contribution < 1.29 is 0 Å². The molecule has 6 aromatic rings. The van der Waals surface area contributed by atoms with Crippen molar-refractivity contribution in [1.29, 1.82) is 0 Å². The molecule has 2 unspecified atom stereocenters. The number of rotatable bonds is 2. The van der Waals surface area contributed by atoms with Crippen molar-refractivity contribution >= 4 is 72.2 Å². The van der Waals surface area contributed by atoms with Crippen LogP contribution in [0.5, 0.6) is 0 Å². The van der Waals surface area contributed by atoms with Crippen LogP contribution in [0.1, 0.15) is 70.8 Å². The Bertz CT molecular complexity index is 2450. The van der Waals surface area contributed by atoms with Crippen molar-refractivity contribution in [1.82, 2.24) is 0 Å². The van der Waals surface area contributed by atoms with Gasteiger partial charge in [0.1, 0.15) is 0 Å². The van der Waals surface area contributed by atoms with Crippen molar-refractivity contribution in [2.45, 2.75) is 75.2 Å². The van der Waals surface area contributed by atoms with E-state index >= 15 is 0 Å². The third-order valence-corrected chi connectivity index (χ3v) is 13.8. The third kappa shape index (κ3) is 4.80. The van der Waals surface area contributed by atoms with E-state index in [9.17, 15) is 0 Å². The lowest BCUT2D eigenvalue weighted by Crippen LogP contribution is -2.58. The zero-order valence-corrected chi connectivity index (χ0v) is 32.0. The summed E-state index contributed by atoms with van der Waals surface area (Å²) in [7, 11) is 0. The van der Waals surface area contributed by atoms with Crippen LogP contribution in [-0.2, 0) is 12.8 Å². The molecule has 0 saturated carbocycles. The van der Waals surface area contributed by atoms with Crippen molar-refractivity contribution in [3.63, 3.8) is 0 Å². The Kier molecular flexibility index (Phi) is 7.32. The van der Waals surface area contributed by atoms with Gasteiger partial charge in [0.05, 0.1) is 0 Å². The first kappa shape index (κ1) is 31.9. The predicted molar refractivity (Wildman–Crippen MR) is 222 cm³/mol. The maximum absolute atomic E-state index is 2.60. The number of allylic oxidation sites excluding steroid dienone is 4. The van der Waals surface area contributed by atoms with Crippen LogP contribution in [0.4, 0.5) is 0 Å². The van der Waals surface area contributed by atoms with Gasteiger partial charge in [-0.1, -0.05) is 158 Å². The molecular weight excluding hydrogens is 618 g/mol. The fourth-order valence-electron chi connectivity index (χ4n) is 10.4. The maximum Gasteiger partial charge on any atom is 0.242 e.